The zero-order valence-corrected chi connectivity index (χ0v) is 12.7. The molecule has 1 aliphatic rings. The molecule has 0 aromatic heterocycles. The second kappa shape index (κ2) is 6.46. The van der Waals surface area contributed by atoms with Crippen LogP contribution < -0.4 is 20.5 Å². The summed E-state index contributed by atoms with van der Waals surface area (Å²) in [5, 5.41) is 3.36. The van der Waals surface area contributed by atoms with Crippen molar-refractivity contribution in [1.29, 1.82) is 0 Å². The first-order chi connectivity index (χ1) is 9.48. The smallest absolute Gasteiger partial charge is 0.161 e. The van der Waals surface area contributed by atoms with Gasteiger partial charge in [-0.2, -0.15) is 0 Å². The third kappa shape index (κ3) is 4.39. The number of rotatable bonds is 5. The number of piperidine rings is 1. The Morgan fingerprint density at radius 3 is 2.75 bits per heavy atom. The summed E-state index contributed by atoms with van der Waals surface area (Å²) in [7, 11) is 1.67. The molecule has 0 bridgehead atoms. The molecule has 4 heteroatoms. The highest BCUT2D eigenvalue weighted by Gasteiger charge is 2.18. The van der Waals surface area contributed by atoms with Gasteiger partial charge in [0.05, 0.1) is 7.11 Å². The Bertz CT molecular complexity index is 435. The molecule has 0 spiro atoms. The summed E-state index contributed by atoms with van der Waals surface area (Å²) in [4.78, 5) is 0. The van der Waals surface area contributed by atoms with Crippen LogP contribution in [-0.4, -0.2) is 31.8 Å². The first kappa shape index (κ1) is 15.1. The van der Waals surface area contributed by atoms with Crippen molar-refractivity contribution in [2.75, 3.05) is 20.2 Å². The number of hydrogen-bond acceptors (Lipinski definition) is 4. The lowest BCUT2D eigenvalue weighted by Gasteiger charge is -2.25. The molecule has 1 atom stereocenters. The van der Waals surface area contributed by atoms with Crippen molar-refractivity contribution in [3.63, 3.8) is 0 Å². The minimum atomic E-state index is -0.224. The van der Waals surface area contributed by atoms with Crippen LogP contribution in [0.5, 0.6) is 11.5 Å². The van der Waals surface area contributed by atoms with E-state index in [0.717, 1.165) is 43.9 Å². The van der Waals surface area contributed by atoms with Gasteiger partial charge in [0.15, 0.2) is 11.5 Å². The van der Waals surface area contributed by atoms with Crippen LogP contribution in [0.2, 0.25) is 0 Å². The highest BCUT2D eigenvalue weighted by atomic mass is 16.5. The summed E-state index contributed by atoms with van der Waals surface area (Å²) in [5.74, 6) is 1.61. The maximum absolute atomic E-state index is 6.10. The van der Waals surface area contributed by atoms with Crippen LogP contribution in [0.15, 0.2) is 18.2 Å². The van der Waals surface area contributed by atoms with Crippen molar-refractivity contribution in [3.05, 3.63) is 23.8 Å². The predicted molar refractivity (Wildman–Crippen MR) is 81.5 cm³/mol. The molecule has 2 rings (SSSR count). The Morgan fingerprint density at radius 1 is 1.35 bits per heavy atom. The lowest BCUT2D eigenvalue weighted by Crippen LogP contribution is -2.37. The van der Waals surface area contributed by atoms with E-state index in [9.17, 15) is 0 Å². The largest absolute Gasteiger partial charge is 0.493 e. The van der Waals surface area contributed by atoms with Gasteiger partial charge < -0.3 is 20.5 Å². The maximum atomic E-state index is 6.10. The Morgan fingerprint density at radius 2 is 2.15 bits per heavy atom. The minimum Gasteiger partial charge on any atom is -0.493 e. The van der Waals surface area contributed by atoms with E-state index in [0.29, 0.717) is 0 Å². The molecule has 0 aliphatic carbocycles. The fraction of sp³-hybridized carbons (Fsp3) is 0.625. The van der Waals surface area contributed by atoms with Gasteiger partial charge in [0.25, 0.3) is 0 Å². The minimum absolute atomic E-state index is 0.221. The average Bonchev–Trinajstić information content (AvgIpc) is 2.38. The first-order valence-corrected chi connectivity index (χ1v) is 7.31. The van der Waals surface area contributed by atoms with Crippen molar-refractivity contribution in [1.82, 2.24) is 5.32 Å². The molecule has 112 valence electrons. The third-order valence-corrected chi connectivity index (χ3v) is 3.43. The molecule has 1 unspecified atom stereocenters. The lowest BCUT2D eigenvalue weighted by molar-refractivity contribution is 0.161. The Hall–Kier alpha value is -1.26. The topological polar surface area (TPSA) is 56.5 Å². The van der Waals surface area contributed by atoms with Gasteiger partial charge in [-0.25, -0.2) is 0 Å². The van der Waals surface area contributed by atoms with Crippen molar-refractivity contribution < 1.29 is 9.47 Å². The molecule has 20 heavy (non-hydrogen) atoms. The molecule has 1 saturated heterocycles. The second-order valence-electron chi connectivity index (χ2n) is 6.24. The maximum Gasteiger partial charge on any atom is 0.161 e. The number of nitrogens with two attached hydrogens (primary N) is 1. The second-order valence-corrected chi connectivity index (χ2v) is 6.24. The van der Waals surface area contributed by atoms with Crippen LogP contribution in [0.1, 0.15) is 32.3 Å². The zero-order valence-electron chi connectivity index (χ0n) is 12.7. The van der Waals surface area contributed by atoms with Crippen molar-refractivity contribution in [3.8, 4) is 11.5 Å². The number of nitrogens with one attached hydrogen (secondary N) is 1. The van der Waals surface area contributed by atoms with E-state index in [2.05, 4.69) is 17.4 Å². The SMILES string of the molecule is COc1ccc(CC(C)(C)N)cc1OC1CCCNC1. The molecular formula is C16H26N2O2. The van der Waals surface area contributed by atoms with E-state index >= 15 is 0 Å². The number of ether oxygens (including phenoxy) is 2. The van der Waals surface area contributed by atoms with Crippen LogP contribution in [-0.2, 0) is 6.42 Å². The molecule has 1 aliphatic heterocycles. The zero-order chi connectivity index (χ0) is 14.6. The van der Waals surface area contributed by atoms with E-state index < -0.39 is 0 Å². The number of hydrogen-bond donors (Lipinski definition) is 2. The molecule has 0 saturated carbocycles. The molecule has 0 radical (unpaired) electrons. The van der Waals surface area contributed by atoms with E-state index in [1.54, 1.807) is 7.11 Å². The summed E-state index contributed by atoms with van der Waals surface area (Å²) in [6.07, 6.45) is 3.28. The van der Waals surface area contributed by atoms with Crippen LogP contribution in [0.4, 0.5) is 0 Å². The summed E-state index contributed by atoms with van der Waals surface area (Å²) in [6.45, 7) is 6.04. The number of benzene rings is 1. The number of methoxy groups -OCH3 is 1. The standard InChI is InChI=1S/C16H26N2O2/c1-16(2,17)10-12-6-7-14(19-3)15(9-12)20-13-5-4-8-18-11-13/h6-7,9,13,18H,4-5,8,10-11,17H2,1-3H3. The van der Waals surface area contributed by atoms with Gasteiger partial charge in [-0.1, -0.05) is 6.07 Å². The predicted octanol–water partition coefficient (Wildman–Crippen LogP) is 2.11. The van der Waals surface area contributed by atoms with Crippen LogP contribution in [0, 0.1) is 0 Å². The van der Waals surface area contributed by atoms with Crippen LogP contribution in [0.3, 0.4) is 0 Å². The molecule has 1 heterocycles. The van der Waals surface area contributed by atoms with E-state index in [-0.39, 0.29) is 11.6 Å². The molecule has 1 fully saturated rings. The summed E-state index contributed by atoms with van der Waals surface area (Å²) < 4.78 is 11.5. The molecule has 1 aromatic carbocycles. The molecular weight excluding hydrogens is 252 g/mol. The van der Waals surface area contributed by atoms with Gasteiger partial charge >= 0.3 is 0 Å². The molecule has 1 aromatic rings. The summed E-state index contributed by atoms with van der Waals surface area (Å²) >= 11 is 0. The quantitative estimate of drug-likeness (QED) is 0.866. The highest BCUT2D eigenvalue weighted by Crippen LogP contribution is 2.30. The van der Waals surface area contributed by atoms with Crippen LogP contribution in [0.25, 0.3) is 0 Å². The normalized spacial score (nSPS) is 19.7. The Kier molecular flexibility index (Phi) is 4.89. The Labute approximate surface area is 121 Å². The van der Waals surface area contributed by atoms with Gasteiger partial charge in [0, 0.05) is 12.1 Å². The lowest BCUT2D eigenvalue weighted by atomic mass is 9.96. The molecule has 3 N–H and O–H groups in total. The molecule has 4 nitrogen and oxygen atoms in total. The van der Waals surface area contributed by atoms with E-state index in [1.807, 2.05) is 19.9 Å². The monoisotopic (exact) mass is 278 g/mol. The fourth-order valence-electron chi connectivity index (χ4n) is 2.55. The molecule has 0 amide bonds. The van der Waals surface area contributed by atoms with Gasteiger partial charge in [-0.15, -0.1) is 0 Å². The van der Waals surface area contributed by atoms with Crippen molar-refractivity contribution >= 4 is 0 Å². The van der Waals surface area contributed by atoms with E-state index in [1.165, 1.54) is 5.56 Å². The van der Waals surface area contributed by atoms with Gasteiger partial charge in [-0.05, 0) is 57.4 Å². The van der Waals surface area contributed by atoms with Gasteiger partial charge in [0.2, 0.25) is 0 Å². The Balaban J connectivity index is 2.13. The van der Waals surface area contributed by atoms with E-state index in [4.69, 9.17) is 15.2 Å². The first-order valence-electron chi connectivity index (χ1n) is 7.31. The summed E-state index contributed by atoms with van der Waals surface area (Å²) in [5.41, 5.74) is 7.04. The van der Waals surface area contributed by atoms with Crippen molar-refractivity contribution in [2.24, 2.45) is 5.73 Å². The third-order valence-electron chi connectivity index (χ3n) is 3.43. The van der Waals surface area contributed by atoms with Crippen LogP contribution >= 0.6 is 0 Å². The fourth-order valence-corrected chi connectivity index (χ4v) is 2.55. The average molecular weight is 278 g/mol. The van der Waals surface area contributed by atoms with Gasteiger partial charge in [-0.3, -0.25) is 0 Å². The highest BCUT2D eigenvalue weighted by molar-refractivity contribution is 5.43. The van der Waals surface area contributed by atoms with Crippen molar-refractivity contribution in [2.45, 2.75) is 44.8 Å². The summed E-state index contributed by atoms with van der Waals surface area (Å²) in [6, 6.07) is 6.08. The van der Waals surface area contributed by atoms with Gasteiger partial charge in [0.1, 0.15) is 6.10 Å².